The van der Waals surface area contributed by atoms with E-state index in [1.165, 1.54) is 11.3 Å². The van der Waals surface area contributed by atoms with Gasteiger partial charge >= 0.3 is 5.97 Å². The van der Waals surface area contributed by atoms with Gasteiger partial charge in [-0.3, -0.25) is 14.8 Å². The van der Waals surface area contributed by atoms with Crippen LogP contribution in [0.15, 0.2) is 54.7 Å². The number of aromatic hydroxyl groups is 1. The number of methoxy groups -OCH3 is 1. The lowest BCUT2D eigenvalue weighted by molar-refractivity contribution is -0.204. The van der Waals surface area contributed by atoms with E-state index in [0.717, 1.165) is 60.0 Å². The number of hydrogen-bond acceptors (Lipinski definition) is 9. The van der Waals surface area contributed by atoms with Gasteiger partial charge < -0.3 is 19.8 Å². The molecular weight excluding hydrogens is 712 g/mol. The number of carbonyl (C=O) groups excluding carboxylic acids is 1. The van der Waals surface area contributed by atoms with Crippen LogP contribution >= 0.6 is 22.9 Å². The Morgan fingerprint density at radius 2 is 1.83 bits per heavy atom. The highest BCUT2D eigenvalue weighted by atomic mass is 35.5. The second kappa shape index (κ2) is 12.0. The van der Waals surface area contributed by atoms with Crippen LogP contribution in [0.2, 0.25) is 0 Å². The number of benzene rings is 2. The topological polar surface area (TPSA) is 143 Å². The number of alkyl halides is 1. The highest BCUT2D eigenvalue weighted by Gasteiger charge is 2.67. The smallest absolute Gasteiger partial charge is 0.355 e. The predicted octanol–water partition coefficient (Wildman–Crippen LogP) is 7.82. The molecule has 4 aliphatic carbocycles. The lowest BCUT2D eigenvalue weighted by Crippen LogP contribution is -2.65. The Kier molecular flexibility index (Phi) is 7.75. The third-order valence-corrected chi connectivity index (χ3v) is 13.5. The number of halogens is 1. The molecule has 5 aromatic rings. The summed E-state index contributed by atoms with van der Waals surface area (Å²) in [7, 11) is 1.82. The number of carbonyl (C=O) groups is 2. The van der Waals surface area contributed by atoms with Crippen molar-refractivity contribution in [3.05, 3.63) is 82.8 Å². The number of anilines is 2. The quantitative estimate of drug-likeness (QED) is 0.135. The van der Waals surface area contributed by atoms with Crippen molar-refractivity contribution in [2.45, 2.75) is 82.4 Å². The van der Waals surface area contributed by atoms with E-state index in [9.17, 15) is 19.8 Å². The third kappa shape index (κ3) is 5.77. The van der Waals surface area contributed by atoms with Crippen LogP contribution in [0, 0.1) is 17.8 Å². The van der Waals surface area contributed by atoms with Crippen molar-refractivity contribution >= 4 is 56.0 Å². The number of thiazole rings is 1. The van der Waals surface area contributed by atoms with Gasteiger partial charge in [-0.1, -0.05) is 30.4 Å². The molecule has 4 saturated carbocycles. The molecule has 10 rings (SSSR count). The van der Waals surface area contributed by atoms with Crippen molar-refractivity contribution in [2.24, 2.45) is 10.8 Å². The number of aromatic carboxylic acids is 1. The normalized spacial score (nSPS) is 27.3. The molecule has 53 heavy (non-hydrogen) atoms. The fourth-order valence-corrected chi connectivity index (χ4v) is 12.6. The van der Waals surface area contributed by atoms with E-state index in [1.807, 2.05) is 53.9 Å². The lowest BCUT2D eigenvalue weighted by Gasteiger charge is -2.68. The monoisotopic (exact) mass is 752 g/mol. The Bertz CT molecular complexity index is 2290. The van der Waals surface area contributed by atoms with Gasteiger partial charge in [-0.2, -0.15) is 5.10 Å². The minimum Gasteiger partial charge on any atom is -0.508 e. The zero-order valence-electron chi connectivity index (χ0n) is 29.9. The van der Waals surface area contributed by atoms with Crippen LogP contribution in [0.1, 0.15) is 83.1 Å². The number of nitrogens with zero attached hydrogens (tertiary/aromatic N) is 5. The molecule has 3 aromatic heterocycles. The van der Waals surface area contributed by atoms with E-state index >= 15 is 0 Å². The molecule has 2 aromatic carbocycles. The highest BCUT2D eigenvalue weighted by molar-refractivity contribution is 7.22. The average molecular weight is 753 g/mol. The van der Waals surface area contributed by atoms with E-state index in [0.29, 0.717) is 52.7 Å². The molecule has 11 nitrogen and oxygen atoms in total. The molecule has 3 N–H and O–H groups in total. The van der Waals surface area contributed by atoms with Crippen LogP contribution in [0.25, 0.3) is 21.3 Å². The highest BCUT2D eigenvalue weighted by Crippen LogP contribution is 2.70. The lowest BCUT2D eigenvalue weighted by atomic mass is 9.43. The summed E-state index contributed by atoms with van der Waals surface area (Å²) in [5.74, 6) is -0.869. The van der Waals surface area contributed by atoms with Crippen molar-refractivity contribution in [3.63, 3.8) is 0 Å². The molecule has 5 aliphatic rings. The number of carboxylic acid groups (broad SMARTS) is 1. The minimum absolute atomic E-state index is 0.0593. The minimum atomic E-state index is -1.14. The van der Waals surface area contributed by atoms with Gasteiger partial charge in [0.05, 0.1) is 22.0 Å². The number of pyridine rings is 1. The first-order valence-corrected chi connectivity index (χ1v) is 19.2. The van der Waals surface area contributed by atoms with Gasteiger partial charge in [-0.25, -0.2) is 14.8 Å². The maximum atomic E-state index is 13.6. The summed E-state index contributed by atoms with van der Waals surface area (Å²) in [5, 5.41) is 29.4. The Morgan fingerprint density at radius 3 is 2.60 bits per heavy atom. The number of hydrogen-bond donors (Lipinski definition) is 3. The summed E-state index contributed by atoms with van der Waals surface area (Å²) < 4.78 is 9.19. The van der Waals surface area contributed by atoms with E-state index in [4.69, 9.17) is 21.4 Å². The molecule has 1 aliphatic heterocycles. The SMILES string of the molecule is COC12CC3(C)CC(Cl)(CC(Cn4ncc(-c5ccc(N6CCc7c(O)ccc(C(=O)Nc8nc9ccccc9s8)c7C6)nc5C(=O)O)c4C)(C3)C1)C2. The number of amides is 1. The Hall–Kier alpha value is -4.52. The Balaban J connectivity index is 0.987. The summed E-state index contributed by atoms with van der Waals surface area (Å²) in [6.45, 7) is 5.78. The molecule has 13 heteroatoms. The average Bonchev–Trinajstić information content (AvgIpc) is 3.68. The molecular formula is C40H41ClN6O5S. The second-order valence-corrected chi connectivity index (χ2v) is 18.1. The Morgan fingerprint density at radius 1 is 1.00 bits per heavy atom. The van der Waals surface area contributed by atoms with Crippen molar-refractivity contribution in [3.8, 4) is 16.9 Å². The van der Waals surface area contributed by atoms with Crippen LogP contribution in [-0.4, -0.2) is 66.0 Å². The second-order valence-electron chi connectivity index (χ2n) is 16.3. The van der Waals surface area contributed by atoms with Gasteiger partial charge in [-0.15, -0.1) is 11.6 Å². The van der Waals surface area contributed by atoms with E-state index in [1.54, 1.807) is 24.4 Å². The Labute approximate surface area is 316 Å². The van der Waals surface area contributed by atoms with Gasteiger partial charge in [0.2, 0.25) is 0 Å². The number of phenolic OH excluding ortho intramolecular Hbond substituents is 1. The summed E-state index contributed by atoms with van der Waals surface area (Å²) in [5.41, 5.74) is 4.45. The van der Waals surface area contributed by atoms with Gasteiger partial charge in [0.15, 0.2) is 10.8 Å². The number of nitrogens with one attached hydrogen (secondary N) is 1. The van der Waals surface area contributed by atoms with Crippen molar-refractivity contribution in [1.82, 2.24) is 19.7 Å². The first-order valence-electron chi connectivity index (χ1n) is 18.1. The van der Waals surface area contributed by atoms with Gasteiger partial charge in [0, 0.05) is 59.6 Å². The predicted molar refractivity (Wildman–Crippen MR) is 204 cm³/mol. The number of fused-ring (bicyclic) bond motifs is 2. The molecule has 4 bridgehead atoms. The van der Waals surface area contributed by atoms with Crippen molar-refractivity contribution in [1.29, 1.82) is 0 Å². The maximum Gasteiger partial charge on any atom is 0.355 e. The van der Waals surface area contributed by atoms with Gasteiger partial charge in [0.1, 0.15) is 11.6 Å². The molecule has 4 unspecified atom stereocenters. The molecule has 274 valence electrons. The van der Waals surface area contributed by atoms with E-state index in [-0.39, 0.29) is 45.2 Å². The molecule has 1 amide bonds. The molecule has 4 atom stereocenters. The van der Waals surface area contributed by atoms with Crippen LogP contribution in [-0.2, 0) is 24.2 Å². The van der Waals surface area contributed by atoms with Crippen molar-refractivity contribution in [2.75, 3.05) is 23.9 Å². The fraction of sp³-hybridized carbons (Fsp3) is 0.425. The zero-order valence-corrected chi connectivity index (χ0v) is 31.5. The van der Waals surface area contributed by atoms with Crippen molar-refractivity contribution < 1.29 is 24.5 Å². The molecule has 0 saturated heterocycles. The first kappa shape index (κ1) is 34.3. The van der Waals surface area contributed by atoms with E-state index < -0.39 is 5.97 Å². The summed E-state index contributed by atoms with van der Waals surface area (Å²) in [6, 6.07) is 14.5. The van der Waals surface area contributed by atoms with E-state index in [2.05, 4.69) is 22.2 Å². The number of phenols is 1. The maximum absolute atomic E-state index is 13.6. The van der Waals surface area contributed by atoms with Crippen LogP contribution in [0.4, 0.5) is 10.9 Å². The van der Waals surface area contributed by atoms with Crippen LogP contribution in [0.3, 0.4) is 0 Å². The first-order chi connectivity index (χ1) is 25.3. The summed E-state index contributed by atoms with van der Waals surface area (Å²) in [6.07, 6.45) is 8.02. The van der Waals surface area contributed by atoms with Gasteiger partial charge in [-0.05, 0) is 105 Å². The molecule has 4 fully saturated rings. The summed E-state index contributed by atoms with van der Waals surface area (Å²) >= 11 is 8.70. The third-order valence-electron chi connectivity index (χ3n) is 12.2. The number of aromatic nitrogens is 4. The zero-order chi connectivity index (χ0) is 36.9. The molecule has 0 radical (unpaired) electrons. The number of para-hydroxylation sites is 1. The fourth-order valence-electron chi connectivity index (χ4n) is 10.9. The number of ether oxygens (including phenoxy) is 1. The molecule has 4 heterocycles. The van der Waals surface area contributed by atoms with Crippen LogP contribution in [0.5, 0.6) is 5.75 Å². The standard InChI is InChI=1S/C40H41ClN6O5S/c1-23-27(14-42-47(23)22-38-16-37(2)17-39(41,19-38)21-40(18-37,20-38)52-3)25-9-11-32(44-33(25)35(50)51)46-13-12-24-28(15-46)26(8-10-30(24)48)34(49)45-36-43-29-6-4-5-7-31(29)53-36/h4-11,14,48H,12-13,15-22H2,1-3H3,(H,50,51)(H,43,45,49). The van der Waals surface area contributed by atoms with Crippen LogP contribution < -0.4 is 10.2 Å². The van der Waals surface area contributed by atoms with Gasteiger partial charge in [0.25, 0.3) is 5.91 Å². The number of carboxylic acids is 1. The molecule has 0 spiro atoms. The summed E-state index contributed by atoms with van der Waals surface area (Å²) in [4.78, 5) is 37.3. The largest absolute Gasteiger partial charge is 0.508 e. The number of rotatable bonds is 8.